The molecule has 1 aromatic carbocycles. The van der Waals surface area contributed by atoms with Crippen LogP contribution in [0.3, 0.4) is 0 Å². The van der Waals surface area contributed by atoms with Crippen molar-refractivity contribution < 1.29 is 23.0 Å². The fourth-order valence-electron chi connectivity index (χ4n) is 1.24. The highest BCUT2D eigenvalue weighted by molar-refractivity contribution is 5.96. The van der Waals surface area contributed by atoms with Gasteiger partial charge in [0.15, 0.2) is 17.3 Å². The summed E-state index contributed by atoms with van der Waals surface area (Å²) in [6.45, 7) is -1.19. The predicted molar refractivity (Wildman–Crippen MR) is 54.2 cm³/mol. The van der Waals surface area contributed by atoms with Crippen LogP contribution in [-0.2, 0) is 0 Å². The highest BCUT2D eigenvalue weighted by atomic mass is 19.3. The minimum absolute atomic E-state index is 0.0786. The van der Waals surface area contributed by atoms with E-state index in [0.29, 0.717) is 12.0 Å². The molecule has 0 spiro atoms. The van der Waals surface area contributed by atoms with E-state index in [2.05, 4.69) is 4.74 Å². The van der Waals surface area contributed by atoms with Gasteiger partial charge < -0.3 is 9.47 Å². The highest BCUT2D eigenvalue weighted by Gasteiger charge is 2.13. The molecule has 0 radical (unpaired) electrons. The first-order valence-corrected chi connectivity index (χ1v) is 4.74. The fourth-order valence-corrected chi connectivity index (χ4v) is 1.24. The molecule has 0 aliphatic heterocycles. The smallest absolute Gasteiger partial charge is 0.387 e. The minimum Gasteiger partial charge on any atom is -0.493 e. The summed E-state index contributed by atoms with van der Waals surface area (Å²) in [6.07, 6.45) is 0.345. The number of carbonyl (C=O) groups excluding carboxylic acids is 1. The molecule has 0 aliphatic rings. The number of ether oxygens (including phenoxy) is 2. The molecule has 88 valence electrons. The number of ketones is 1. The Morgan fingerprint density at radius 1 is 1.38 bits per heavy atom. The third-order valence-corrected chi connectivity index (χ3v) is 2.02. The Balaban J connectivity index is 3.01. The normalized spacial score (nSPS) is 10.3. The van der Waals surface area contributed by atoms with Crippen molar-refractivity contribution in [2.45, 2.75) is 20.0 Å². The van der Waals surface area contributed by atoms with Crippen LogP contribution in [0, 0.1) is 0 Å². The SMILES string of the molecule is CCC(=O)c1ccc(OC(F)F)c(OC)c1. The zero-order valence-corrected chi connectivity index (χ0v) is 9.00. The van der Waals surface area contributed by atoms with Gasteiger partial charge in [-0.3, -0.25) is 4.79 Å². The summed E-state index contributed by atoms with van der Waals surface area (Å²) in [4.78, 5) is 11.4. The number of hydrogen-bond donors (Lipinski definition) is 0. The lowest BCUT2D eigenvalue weighted by molar-refractivity contribution is -0.0512. The average molecular weight is 230 g/mol. The molecule has 0 fully saturated rings. The second kappa shape index (κ2) is 5.44. The van der Waals surface area contributed by atoms with Crippen molar-refractivity contribution in [3.8, 4) is 11.5 Å². The summed E-state index contributed by atoms with van der Waals surface area (Å²) < 4.78 is 33.1. The maximum absolute atomic E-state index is 12.0. The lowest BCUT2D eigenvalue weighted by Gasteiger charge is -2.10. The van der Waals surface area contributed by atoms with Crippen LogP contribution < -0.4 is 9.47 Å². The summed E-state index contributed by atoms with van der Waals surface area (Å²) >= 11 is 0. The Bertz CT molecular complexity index is 377. The van der Waals surface area contributed by atoms with Gasteiger partial charge in [-0.05, 0) is 18.2 Å². The molecule has 0 saturated heterocycles. The molecule has 1 rings (SSSR count). The standard InChI is InChI=1S/C11H12F2O3/c1-3-8(14)7-4-5-9(16-11(12)13)10(6-7)15-2/h4-6,11H,3H2,1-2H3. The number of rotatable bonds is 5. The number of carbonyl (C=O) groups is 1. The maximum atomic E-state index is 12.0. The van der Waals surface area contributed by atoms with Gasteiger partial charge in [0.25, 0.3) is 0 Å². The maximum Gasteiger partial charge on any atom is 0.387 e. The second-order valence-corrected chi connectivity index (χ2v) is 3.02. The van der Waals surface area contributed by atoms with Gasteiger partial charge in [0.05, 0.1) is 7.11 Å². The third kappa shape index (κ3) is 2.92. The highest BCUT2D eigenvalue weighted by Crippen LogP contribution is 2.29. The number of alkyl halides is 2. The minimum atomic E-state index is -2.92. The van der Waals surface area contributed by atoms with Crippen LogP contribution in [0.1, 0.15) is 23.7 Å². The van der Waals surface area contributed by atoms with Gasteiger partial charge in [-0.1, -0.05) is 6.92 Å². The predicted octanol–water partition coefficient (Wildman–Crippen LogP) is 2.89. The number of benzene rings is 1. The van der Waals surface area contributed by atoms with Crippen LogP contribution in [0.4, 0.5) is 8.78 Å². The van der Waals surface area contributed by atoms with E-state index < -0.39 is 6.61 Å². The van der Waals surface area contributed by atoms with E-state index >= 15 is 0 Å². The van der Waals surface area contributed by atoms with Crippen LogP contribution in [0.25, 0.3) is 0 Å². The van der Waals surface area contributed by atoms with Crippen LogP contribution in [0.15, 0.2) is 18.2 Å². The van der Waals surface area contributed by atoms with Gasteiger partial charge >= 0.3 is 6.61 Å². The molecule has 0 atom stereocenters. The van der Waals surface area contributed by atoms with E-state index in [1.165, 1.54) is 25.3 Å². The second-order valence-electron chi connectivity index (χ2n) is 3.02. The number of halogens is 2. The molecule has 0 bridgehead atoms. The Kier molecular flexibility index (Phi) is 4.22. The topological polar surface area (TPSA) is 35.5 Å². The van der Waals surface area contributed by atoms with E-state index in [1.54, 1.807) is 6.92 Å². The molecule has 1 aromatic rings. The van der Waals surface area contributed by atoms with Gasteiger partial charge in [0.1, 0.15) is 0 Å². The molecule has 0 amide bonds. The monoisotopic (exact) mass is 230 g/mol. The van der Waals surface area contributed by atoms with E-state index in [1.807, 2.05) is 0 Å². The Labute approximate surface area is 92.0 Å². The molecule has 0 heterocycles. The van der Waals surface area contributed by atoms with Crippen molar-refractivity contribution in [1.29, 1.82) is 0 Å². The Morgan fingerprint density at radius 2 is 2.06 bits per heavy atom. The molecule has 3 nitrogen and oxygen atoms in total. The van der Waals surface area contributed by atoms with Gasteiger partial charge in [0.2, 0.25) is 0 Å². The van der Waals surface area contributed by atoms with Crippen molar-refractivity contribution in [1.82, 2.24) is 0 Å². The van der Waals surface area contributed by atoms with Crippen molar-refractivity contribution in [2.24, 2.45) is 0 Å². The lowest BCUT2D eigenvalue weighted by Crippen LogP contribution is -2.05. The van der Waals surface area contributed by atoms with E-state index in [9.17, 15) is 13.6 Å². The number of hydrogen-bond acceptors (Lipinski definition) is 3. The summed E-state index contributed by atoms with van der Waals surface area (Å²) in [7, 11) is 1.33. The summed E-state index contributed by atoms with van der Waals surface area (Å²) in [5.74, 6) is -0.0355. The zero-order valence-electron chi connectivity index (χ0n) is 9.00. The molecule has 0 saturated carbocycles. The molecule has 0 unspecified atom stereocenters. The third-order valence-electron chi connectivity index (χ3n) is 2.02. The molecular weight excluding hydrogens is 218 g/mol. The van der Waals surface area contributed by atoms with Crippen molar-refractivity contribution in [2.75, 3.05) is 7.11 Å². The van der Waals surface area contributed by atoms with Crippen molar-refractivity contribution >= 4 is 5.78 Å². The fraction of sp³-hybridized carbons (Fsp3) is 0.364. The van der Waals surface area contributed by atoms with Crippen LogP contribution in [0.2, 0.25) is 0 Å². The average Bonchev–Trinajstić information content (AvgIpc) is 2.27. The summed E-state index contributed by atoms with van der Waals surface area (Å²) in [5.41, 5.74) is 0.418. The molecule has 16 heavy (non-hydrogen) atoms. The van der Waals surface area contributed by atoms with Gasteiger partial charge in [-0.15, -0.1) is 0 Å². The lowest BCUT2D eigenvalue weighted by atomic mass is 10.1. The van der Waals surface area contributed by atoms with Crippen LogP contribution in [0.5, 0.6) is 11.5 Å². The molecule has 5 heteroatoms. The van der Waals surface area contributed by atoms with Crippen molar-refractivity contribution in [3.63, 3.8) is 0 Å². The first kappa shape index (κ1) is 12.4. The van der Waals surface area contributed by atoms with Gasteiger partial charge in [0, 0.05) is 12.0 Å². The van der Waals surface area contributed by atoms with E-state index in [0.717, 1.165) is 0 Å². The van der Waals surface area contributed by atoms with Crippen LogP contribution >= 0.6 is 0 Å². The summed E-state index contributed by atoms with van der Waals surface area (Å²) in [5, 5.41) is 0. The first-order chi connectivity index (χ1) is 7.58. The quantitative estimate of drug-likeness (QED) is 0.729. The molecule has 0 aromatic heterocycles. The molecular formula is C11H12F2O3. The van der Waals surface area contributed by atoms with Crippen molar-refractivity contribution in [3.05, 3.63) is 23.8 Å². The zero-order chi connectivity index (χ0) is 12.1. The molecule has 0 N–H and O–H groups in total. The van der Waals surface area contributed by atoms with Gasteiger partial charge in [-0.25, -0.2) is 0 Å². The van der Waals surface area contributed by atoms with Gasteiger partial charge in [-0.2, -0.15) is 8.78 Å². The molecule has 0 aliphatic carbocycles. The van der Waals surface area contributed by atoms with Crippen LogP contribution in [-0.4, -0.2) is 19.5 Å². The number of Topliss-reactive ketones (excluding diaryl/α,β-unsaturated/α-hetero) is 1. The number of methoxy groups -OCH3 is 1. The largest absolute Gasteiger partial charge is 0.493 e. The van der Waals surface area contributed by atoms with E-state index in [-0.39, 0.29) is 17.3 Å². The van der Waals surface area contributed by atoms with E-state index in [4.69, 9.17) is 4.74 Å². The Morgan fingerprint density at radius 3 is 2.56 bits per heavy atom. The first-order valence-electron chi connectivity index (χ1n) is 4.74. The summed E-state index contributed by atoms with van der Waals surface area (Å²) in [6, 6.07) is 4.13. The Hall–Kier alpha value is -1.65.